The lowest BCUT2D eigenvalue weighted by molar-refractivity contribution is 1.01. The molecule has 3 aromatic rings. The highest BCUT2D eigenvalue weighted by molar-refractivity contribution is 7.71. The third-order valence-electron chi connectivity index (χ3n) is 3.51. The molecule has 1 heterocycles. The molecule has 1 N–H and O–H groups in total. The third kappa shape index (κ3) is 2.10. The van der Waals surface area contributed by atoms with Crippen LogP contribution >= 0.6 is 12.2 Å². The molecule has 0 saturated heterocycles. The van der Waals surface area contributed by atoms with Gasteiger partial charge in [0, 0.05) is 11.8 Å². The number of imidazole rings is 1. The summed E-state index contributed by atoms with van der Waals surface area (Å²) in [5, 5.41) is 0. The van der Waals surface area contributed by atoms with Gasteiger partial charge < -0.3 is 4.98 Å². The van der Waals surface area contributed by atoms with E-state index in [1.54, 1.807) is 0 Å². The lowest BCUT2D eigenvalue weighted by atomic mass is 10.1. The van der Waals surface area contributed by atoms with E-state index in [0.29, 0.717) is 0 Å². The predicted molar refractivity (Wildman–Crippen MR) is 85.9 cm³/mol. The number of rotatable bonds is 2. The van der Waals surface area contributed by atoms with Gasteiger partial charge in [-0.1, -0.05) is 48.5 Å². The molecule has 0 saturated carbocycles. The summed E-state index contributed by atoms with van der Waals surface area (Å²) in [6.45, 7) is 4.23. The summed E-state index contributed by atoms with van der Waals surface area (Å²) in [6, 6.07) is 16.6. The van der Waals surface area contributed by atoms with Gasteiger partial charge in [0.05, 0.1) is 11.4 Å². The molecule has 0 aliphatic carbocycles. The zero-order valence-electron chi connectivity index (χ0n) is 11.6. The molecular weight excluding hydrogens is 264 g/mol. The van der Waals surface area contributed by atoms with E-state index in [4.69, 9.17) is 12.2 Å². The monoisotopic (exact) mass is 280 g/mol. The largest absolute Gasteiger partial charge is 0.336 e. The van der Waals surface area contributed by atoms with Crippen LogP contribution in [0.3, 0.4) is 0 Å². The lowest BCUT2D eigenvalue weighted by Crippen LogP contribution is -2.02. The van der Waals surface area contributed by atoms with Crippen molar-refractivity contribution in [3.63, 3.8) is 0 Å². The number of H-pyrrole nitrogens is 1. The first-order chi connectivity index (χ1) is 9.68. The van der Waals surface area contributed by atoms with Gasteiger partial charge in [0.25, 0.3) is 0 Å². The number of nitrogens with one attached hydrogen (secondary N) is 1. The first-order valence-electron chi connectivity index (χ1n) is 6.61. The Hall–Kier alpha value is -2.13. The van der Waals surface area contributed by atoms with Gasteiger partial charge in [-0.15, -0.1) is 0 Å². The van der Waals surface area contributed by atoms with Crippen LogP contribution in [0.4, 0.5) is 0 Å². The predicted octanol–water partition coefficient (Wildman–Crippen LogP) is 4.82. The molecule has 0 aliphatic rings. The molecule has 100 valence electrons. The number of aryl methyl sites for hydroxylation is 2. The molecule has 0 amide bonds. The third-order valence-corrected chi connectivity index (χ3v) is 3.81. The van der Waals surface area contributed by atoms with Crippen molar-refractivity contribution in [1.82, 2.24) is 9.55 Å². The van der Waals surface area contributed by atoms with Crippen LogP contribution in [0.5, 0.6) is 0 Å². The van der Waals surface area contributed by atoms with E-state index in [-0.39, 0.29) is 0 Å². The Morgan fingerprint density at radius 2 is 1.55 bits per heavy atom. The Morgan fingerprint density at radius 1 is 0.900 bits per heavy atom. The van der Waals surface area contributed by atoms with Crippen LogP contribution in [0, 0.1) is 18.6 Å². The van der Waals surface area contributed by atoms with Gasteiger partial charge in [-0.25, -0.2) is 0 Å². The SMILES string of the molecule is Cc1cccc(C)c1-n1c(-c2ccccc2)c[nH]c1=S. The van der Waals surface area contributed by atoms with Crippen molar-refractivity contribution in [2.45, 2.75) is 13.8 Å². The van der Waals surface area contributed by atoms with Gasteiger partial charge in [-0.3, -0.25) is 4.57 Å². The molecular formula is C17H16N2S. The minimum Gasteiger partial charge on any atom is -0.336 e. The summed E-state index contributed by atoms with van der Waals surface area (Å²) in [4.78, 5) is 3.17. The Kier molecular flexibility index (Phi) is 3.28. The molecule has 1 aromatic heterocycles. The molecule has 0 bridgehead atoms. The van der Waals surface area contributed by atoms with Crippen molar-refractivity contribution in [1.29, 1.82) is 0 Å². The second-order valence-electron chi connectivity index (χ2n) is 4.92. The molecule has 2 aromatic carbocycles. The molecule has 0 spiro atoms. The number of hydrogen-bond donors (Lipinski definition) is 1. The molecule has 3 heteroatoms. The van der Waals surface area contributed by atoms with Crippen LogP contribution in [0.2, 0.25) is 0 Å². The second-order valence-corrected chi connectivity index (χ2v) is 5.31. The average Bonchev–Trinajstić information content (AvgIpc) is 2.82. The first-order valence-corrected chi connectivity index (χ1v) is 7.02. The lowest BCUT2D eigenvalue weighted by Gasteiger charge is -2.14. The fourth-order valence-electron chi connectivity index (χ4n) is 2.57. The molecule has 0 radical (unpaired) electrons. The van der Waals surface area contributed by atoms with Crippen molar-refractivity contribution in [2.24, 2.45) is 0 Å². The maximum absolute atomic E-state index is 5.48. The number of nitrogens with zero attached hydrogens (tertiary/aromatic N) is 1. The van der Waals surface area contributed by atoms with Gasteiger partial charge in [0.2, 0.25) is 0 Å². The van der Waals surface area contributed by atoms with E-state index < -0.39 is 0 Å². The van der Waals surface area contributed by atoms with Crippen molar-refractivity contribution in [2.75, 3.05) is 0 Å². The second kappa shape index (κ2) is 5.10. The van der Waals surface area contributed by atoms with Gasteiger partial charge in [0.1, 0.15) is 0 Å². The van der Waals surface area contributed by atoms with E-state index >= 15 is 0 Å². The van der Waals surface area contributed by atoms with E-state index in [0.717, 1.165) is 21.7 Å². The molecule has 0 fully saturated rings. The fraction of sp³-hybridized carbons (Fsp3) is 0.118. The quantitative estimate of drug-likeness (QED) is 0.667. The maximum atomic E-state index is 5.48. The number of aromatic amines is 1. The number of para-hydroxylation sites is 1. The number of aromatic nitrogens is 2. The van der Waals surface area contributed by atoms with Gasteiger partial charge in [0.15, 0.2) is 4.77 Å². The van der Waals surface area contributed by atoms with E-state index in [9.17, 15) is 0 Å². The molecule has 0 atom stereocenters. The number of benzene rings is 2. The van der Waals surface area contributed by atoms with Crippen LogP contribution in [0.1, 0.15) is 11.1 Å². The highest BCUT2D eigenvalue weighted by Crippen LogP contribution is 2.27. The summed E-state index contributed by atoms with van der Waals surface area (Å²) in [5.74, 6) is 0. The zero-order chi connectivity index (χ0) is 14.1. The van der Waals surface area contributed by atoms with Crippen molar-refractivity contribution in [3.05, 3.63) is 70.6 Å². The van der Waals surface area contributed by atoms with Crippen LogP contribution in [0.25, 0.3) is 16.9 Å². The van der Waals surface area contributed by atoms with Gasteiger partial charge >= 0.3 is 0 Å². The van der Waals surface area contributed by atoms with Crippen LogP contribution in [0.15, 0.2) is 54.7 Å². The molecule has 20 heavy (non-hydrogen) atoms. The molecule has 2 nitrogen and oxygen atoms in total. The topological polar surface area (TPSA) is 20.7 Å². The summed E-state index contributed by atoms with van der Waals surface area (Å²) >= 11 is 5.48. The maximum Gasteiger partial charge on any atom is 0.182 e. The fourth-order valence-corrected chi connectivity index (χ4v) is 2.82. The smallest absolute Gasteiger partial charge is 0.182 e. The number of hydrogen-bond acceptors (Lipinski definition) is 1. The molecule has 3 rings (SSSR count). The summed E-state index contributed by atoms with van der Waals surface area (Å²) in [7, 11) is 0. The normalized spacial score (nSPS) is 10.7. The van der Waals surface area contributed by atoms with E-state index in [1.807, 2.05) is 24.4 Å². The van der Waals surface area contributed by atoms with Gasteiger partial charge in [-0.2, -0.15) is 0 Å². The van der Waals surface area contributed by atoms with Crippen LogP contribution in [-0.4, -0.2) is 9.55 Å². The Balaban J connectivity index is 2.31. The summed E-state index contributed by atoms with van der Waals surface area (Å²) < 4.78 is 2.84. The van der Waals surface area contributed by atoms with Crippen LogP contribution in [-0.2, 0) is 0 Å². The Labute approximate surface area is 123 Å². The standard InChI is InChI=1S/C17H16N2S/c1-12-7-6-8-13(2)16(12)19-15(11-18-17(19)20)14-9-4-3-5-10-14/h3-11H,1-2H3,(H,18,20). The van der Waals surface area contributed by atoms with E-state index in [2.05, 4.69) is 53.7 Å². The minimum absolute atomic E-state index is 0.723. The summed E-state index contributed by atoms with van der Waals surface area (Å²) in [5.41, 5.74) is 5.85. The van der Waals surface area contributed by atoms with E-state index in [1.165, 1.54) is 11.1 Å². The highest BCUT2D eigenvalue weighted by Gasteiger charge is 2.12. The van der Waals surface area contributed by atoms with Crippen molar-refractivity contribution >= 4 is 12.2 Å². The van der Waals surface area contributed by atoms with Crippen molar-refractivity contribution < 1.29 is 0 Å². The summed E-state index contributed by atoms with van der Waals surface area (Å²) in [6.07, 6.45) is 1.98. The first kappa shape index (κ1) is 12.9. The van der Waals surface area contributed by atoms with Crippen LogP contribution < -0.4 is 0 Å². The zero-order valence-corrected chi connectivity index (χ0v) is 12.4. The molecule has 0 aliphatic heterocycles. The molecule has 0 unspecified atom stereocenters. The Bertz CT molecular complexity index is 777. The highest BCUT2D eigenvalue weighted by atomic mass is 32.1. The van der Waals surface area contributed by atoms with Crippen molar-refractivity contribution in [3.8, 4) is 16.9 Å². The Morgan fingerprint density at radius 3 is 2.20 bits per heavy atom. The van der Waals surface area contributed by atoms with Gasteiger partial charge in [-0.05, 0) is 37.2 Å². The minimum atomic E-state index is 0.723. The average molecular weight is 280 g/mol.